The van der Waals surface area contributed by atoms with Crippen molar-refractivity contribution in [3.05, 3.63) is 52.4 Å². The number of aromatic hydroxyl groups is 1. The van der Waals surface area contributed by atoms with Gasteiger partial charge in [-0.2, -0.15) is 5.01 Å². The molecule has 2 N–H and O–H groups in total. The predicted octanol–water partition coefficient (Wildman–Crippen LogP) is 2.96. The van der Waals surface area contributed by atoms with Gasteiger partial charge in [-0.25, -0.2) is 0 Å². The maximum Gasteiger partial charge on any atom is 0.285 e. The Kier molecular flexibility index (Phi) is 6.48. The summed E-state index contributed by atoms with van der Waals surface area (Å²) in [6.45, 7) is 0. The number of hydrogen-bond donors (Lipinski definition) is 2. The highest BCUT2D eigenvalue weighted by Gasteiger charge is 2.34. The minimum Gasteiger partial charge on any atom is -0.504 e. The Hall–Kier alpha value is -3.24. The van der Waals surface area contributed by atoms with Gasteiger partial charge in [0.15, 0.2) is 27.3 Å². The lowest BCUT2D eigenvalue weighted by Crippen LogP contribution is -2.44. The highest BCUT2D eigenvalue weighted by atomic mass is 32.2. The van der Waals surface area contributed by atoms with Crippen molar-refractivity contribution in [1.82, 2.24) is 10.4 Å². The normalized spacial score (nSPS) is 14.8. The fourth-order valence-corrected chi connectivity index (χ4v) is 3.82. The van der Waals surface area contributed by atoms with Crippen LogP contribution in [0.25, 0.3) is 6.08 Å². The molecule has 0 aromatic heterocycles. The van der Waals surface area contributed by atoms with Crippen molar-refractivity contribution >= 4 is 46.2 Å². The monoisotopic (exact) mass is 446 g/mol. The molecule has 30 heavy (non-hydrogen) atoms. The largest absolute Gasteiger partial charge is 0.504 e. The fraction of sp³-hybridized carbons (Fsp3) is 0.150. The summed E-state index contributed by atoms with van der Waals surface area (Å²) >= 11 is 6.30. The summed E-state index contributed by atoms with van der Waals surface area (Å²) in [4.78, 5) is 25.6. The number of methoxy groups -OCH3 is 3. The van der Waals surface area contributed by atoms with Gasteiger partial charge in [0.1, 0.15) is 0 Å². The van der Waals surface area contributed by atoms with Crippen LogP contribution in [-0.4, -0.2) is 47.6 Å². The number of phenols is 1. The van der Waals surface area contributed by atoms with Gasteiger partial charge in [-0.15, -0.1) is 0 Å². The van der Waals surface area contributed by atoms with E-state index in [1.165, 1.54) is 39.5 Å². The highest BCUT2D eigenvalue weighted by Crippen LogP contribution is 2.34. The third-order valence-electron chi connectivity index (χ3n) is 4.15. The summed E-state index contributed by atoms with van der Waals surface area (Å²) in [5.74, 6) is 0.102. The Bertz CT molecular complexity index is 1050. The Labute approximate surface area is 182 Å². The van der Waals surface area contributed by atoms with Gasteiger partial charge < -0.3 is 19.3 Å². The average molecular weight is 447 g/mol. The Morgan fingerprint density at radius 3 is 2.43 bits per heavy atom. The van der Waals surface area contributed by atoms with Gasteiger partial charge in [0.25, 0.3) is 11.8 Å². The van der Waals surface area contributed by atoms with E-state index in [-0.39, 0.29) is 21.4 Å². The first-order valence-corrected chi connectivity index (χ1v) is 9.78. The van der Waals surface area contributed by atoms with Crippen LogP contribution in [0.5, 0.6) is 23.0 Å². The Morgan fingerprint density at radius 2 is 1.77 bits per heavy atom. The van der Waals surface area contributed by atoms with Crippen molar-refractivity contribution in [2.45, 2.75) is 0 Å². The van der Waals surface area contributed by atoms with E-state index in [1.807, 2.05) is 0 Å². The number of rotatable bonds is 6. The molecule has 2 amide bonds. The molecule has 156 valence electrons. The zero-order valence-electron chi connectivity index (χ0n) is 16.3. The minimum absolute atomic E-state index is 0.0995. The molecule has 10 heteroatoms. The molecule has 1 saturated heterocycles. The van der Waals surface area contributed by atoms with Crippen LogP contribution in [0.2, 0.25) is 0 Å². The van der Waals surface area contributed by atoms with E-state index < -0.39 is 11.8 Å². The summed E-state index contributed by atoms with van der Waals surface area (Å²) in [6.07, 6.45) is 1.65. The van der Waals surface area contributed by atoms with Crippen molar-refractivity contribution in [3.63, 3.8) is 0 Å². The lowest BCUT2D eigenvalue weighted by atomic mass is 10.2. The molecule has 0 bridgehead atoms. The SMILES string of the molecule is COc1cc(C(=O)NN2C(=O)/C(=C/c3ccc(OC)c(OC)c3)SC2=S)ccc1O. The van der Waals surface area contributed by atoms with Gasteiger partial charge in [0.05, 0.1) is 26.2 Å². The van der Waals surface area contributed by atoms with Gasteiger partial charge in [0.2, 0.25) is 0 Å². The van der Waals surface area contributed by atoms with Crippen LogP contribution >= 0.6 is 24.0 Å². The number of hydrogen-bond acceptors (Lipinski definition) is 8. The molecule has 8 nitrogen and oxygen atoms in total. The minimum atomic E-state index is -0.572. The Balaban J connectivity index is 1.79. The number of amides is 2. The summed E-state index contributed by atoms with van der Waals surface area (Å²) < 4.78 is 15.7. The third-order valence-corrected chi connectivity index (χ3v) is 5.46. The zero-order valence-corrected chi connectivity index (χ0v) is 17.9. The van der Waals surface area contributed by atoms with E-state index in [2.05, 4.69) is 5.43 Å². The number of hydrazine groups is 1. The van der Waals surface area contributed by atoms with Crippen LogP contribution in [0.4, 0.5) is 0 Å². The lowest BCUT2D eigenvalue weighted by molar-refractivity contribution is -0.123. The maximum absolute atomic E-state index is 12.8. The number of thiocarbonyl (C=S) groups is 1. The second kappa shape index (κ2) is 9.06. The van der Waals surface area contributed by atoms with Crippen molar-refractivity contribution < 1.29 is 28.9 Å². The fourth-order valence-electron chi connectivity index (χ4n) is 2.64. The second-order valence-electron chi connectivity index (χ2n) is 5.96. The van der Waals surface area contributed by atoms with Crippen LogP contribution in [0.1, 0.15) is 15.9 Å². The first-order chi connectivity index (χ1) is 14.4. The molecule has 0 unspecified atom stereocenters. The van der Waals surface area contributed by atoms with E-state index in [1.54, 1.807) is 24.3 Å². The molecule has 2 aromatic carbocycles. The molecular formula is C20H18N2O6S2. The van der Waals surface area contributed by atoms with E-state index in [4.69, 9.17) is 26.4 Å². The van der Waals surface area contributed by atoms with E-state index in [0.717, 1.165) is 16.8 Å². The van der Waals surface area contributed by atoms with Crippen LogP contribution in [0.3, 0.4) is 0 Å². The molecule has 0 spiro atoms. The lowest BCUT2D eigenvalue weighted by Gasteiger charge is -2.16. The number of benzene rings is 2. The van der Waals surface area contributed by atoms with Gasteiger partial charge in [-0.05, 0) is 54.2 Å². The zero-order chi connectivity index (χ0) is 21.8. The molecule has 1 aliphatic rings. The van der Waals surface area contributed by atoms with Crippen molar-refractivity contribution in [3.8, 4) is 23.0 Å². The molecule has 1 aliphatic heterocycles. The molecular weight excluding hydrogens is 428 g/mol. The average Bonchev–Trinajstić information content (AvgIpc) is 3.01. The molecule has 3 rings (SSSR count). The Morgan fingerprint density at radius 1 is 1.07 bits per heavy atom. The van der Waals surface area contributed by atoms with Crippen LogP contribution in [0.15, 0.2) is 41.3 Å². The summed E-state index contributed by atoms with van der Waals surface area (Å²) in [5.41, 5.74) is 3.39. The molecule has 1 heterocycles. The summed E-state index contributed by atoms with van der Waals surface area (Å²) in [5, 5.41) is 10.7. The topological polar surface area (TPSA) is 97.3 Å². The quantitative estimate of drug-likeness (QED) is 0.516. The van der Waals surface area contributed by atoms with Crippen LogP contribution < -0.4 is 19.6 Å². The standard InChI is InChI=1S/C20H18N2O6S2/c1-26-14-7-4-11(8-16(14)28-3)9-17-19(25)22(20(29)30-17)21-18(24)12-5-6-13(23)15(10-12)27-2/h4-10,23H,1-3H3,(H,21,24)/b17-9-. The van der Waals surface area contributed by atoms with Crippen molar-refractivity contribution in [2.75, 3.05) is 21.3 Å². The molecule has 0 atom stereocenters. The van der Waals surface area contributed by atoms with Gasteiger partial charge >= 0.3 is 0 Å². The predicted molar refractivity (Wildman–Crippen MR) is 117 cm³/mol. The van der Waals surface area contributed by atoms with E-state index in [9.17, 15) is 14.7 Å². The smallest absolute Gasteiger partial charge is 0.285 e. The van der Waals surface area contributed by atoms with Crippen LogP contribution in [0, 0.1) is 0 Å². The number of ether oxygens (including phenoxy) is 3. The third kappa shape index (κ3) is 4.34. The molecule has 2 aromatic rings. The number of carbonyl (C=O) groups is 2. The second-order valence-corrected chi connectivity index (χ2v) is 7.63. The number of carbonyl (C=O) groups excluding carboxylic acids is 2. The number of nitrogens with one attached hydrogen (secondary N) is 1. The van der Waals surface area contributed by atoms with Crippen LogP contribution in [-0.2, 0) is 4.79 Å². The van der Waals surface area contributed by atoms with Gasteiger partial charge in [0, 0.05) is 5.56 Å². The number of phenolic OH excluding ortho intramolecular Hbond substituents is 1. The van der Waals surface area contributed by atoms with Crippen molar-refractivity contribution in [1.29, 1.82) is 0 Å². The van der Waals surface area contributed by atoms with E-state index >= 15 is 0 Å². The van der Waals surface area contributed by atoms with Crippen molar-refractivity contribution in [2.24, 2.45) is 0 Å². The summed E-state index contributed by atoms with van der Waals surface area (Å²) in [6, 6.07) is 9.33. The number of thioether (sulfide) groups is 1. The molecule has 0 aliphatic carbocycles. The summed E-state index contributed by atoms with van der Waals surface area (Å²) in [7, 11) is 4.43. The van der Waals surface area contributed by atoms with E-state index in [0.29, 0.717) is 22.0 Å². The number of nitrogens with zero attached hydrogens (tertiary/aromatic N) is 1. The first-order valence-electron chi connectivity index (χ1n) is 8.56. The maximum atomic E-state index is 12.8. The molecule has 0 saturated carbocycles. The molecule has 1 fully saturated rings. The highest BCUT2D eigenvalue weighted by molar-refractivity contribution is 8.26. The van der Waals surface area contributed by atoms with Gasteiger partial charge in [-0.1, -0.05) is 17.8 Å². The van der Waals surface area contributed by atoms with Gasteiger partial charge in [-0.3, -0.25) is 15.0 Å². The first kappa shape index (κ1) is 21.5. The molecule has 0 radical (unpaired) electrons.